The molecular weight excluding hydrogens is 631 g/mol. The van der Waals surface area contributed by atoms with Gasteiger partial charge >= 0.3 is 0 Å². The zero-order valence-corrected chi connectivity index (χ0v) is 27.6. The van der Waals surface area contributed by atoms with Crippen LogP contribution >= 0.6 is 11.3 Å². The van der Waals surface area contributed by atoms with E-state index >= 15 is 0 Å². The maximum atomic E-state index is 6.70. The third-order valence-electron chi connectivity index (χ3n) is 10.1. The topological polar surface area (TPSA) is 29.5 Å². The summed E-state index contributed by atoms with van der Waals surface area (Å²) in [5.41, 5.74) is 9.20. The van der Waals surface area contributed by atoms with Crippen LogP contribution in [0.15, 0.2) is 173 Å². The minimum atomic E-state index is 0.863. The van der Waals surface area contributed by atoms with Crippen molar-refractivity contribution >= 4 is 103 Å². The van der Waals surface area contributed by atoms with Gasteiger partial charge in [-0.15, -0.1) is 11.3 Å². The molecular formula is C46H27NO2S. The molecule has 11 aromatic rings. The standard InChI is InChI=1S/C46H27NO2S/c1-2-10-28(11-3-1)29-20-23-31(24-21-29)47(36-15-8-18-39-42(36)35-25-22-30-12-4-5-13-32(30)45(35)49-39)37-16-9-19-40-43(37)44-41(50-40)27-26-34-33-14-6-7-17-38(33)48-46(34)44/h1-27H. The average Bonchev–Trinajstić information content (AvgIpc) is 3.87. The van der Waals surface area contributed by atoms with Gasteiger partial charge in [-0.25, -0.2) is 0 Å². The molecule has 4 heteroatoms. The Morgan fingerprint density at radius 3 is 1.92 bits per heavy atom. The summed E-state index contributed by atoms with van der Waals surface area (Å²) in [6.07, 6.45) is 0. The van der Waals surface area contributed by atoms with Gasteiger partial charge in [-0.05, 0) is 77.2 Å². The van der Waals surface area contributed by atoms with Gasteiger partial charge in [0.25, 0.3) is 0 Å². The number of rotatable bonds is 4. The number of fused-ring (bicyclic) bond motifs is 12. The zero-order valence-electron chi connectivity index (χ0n) is 26.8. The molecule has 0 aliphatic carbocycles. The third-order valence-corrected chi connectivity index (χ3v) is 11.2. The first-order valence-corrected chi connectivity index (χ1v) is 17.7. The van der Waals surface area contributed by atoms with Gasteiger partial charge in [-0.1, -0.05) is 103 Å². The molecule has 3 aromatic heterocycles. The lowest BCUT2D eigenvalue weighted by molar-refractivity contribution is 0.672. The summed E-state index contributed by atoms with van der Waals surface area (Å²) in [4.78, 5) is 2.41. The minimum absolute atomic E-state index is 0.863. The first kappa shape index (κ1) is 27.6. The molecule has 0 amide bonds. The molecule has 3 heterocycles. The van der Waals surface area contributed by atoms with Gasteiger partial charge in [-0.2, -0.15) is 0 Å². The first-order chi connectivity index (χ1) is 24.8. The highest BCUT2D eigenvalue weighted by molar-refractivity contribution is 7.26. The molecule has 50 heavy (non-hydrogen) atoms. The summed E-state index contributed by atoms with van der Waals surface area (Å²) >= 11 is 1.81. The van der Waals surface area contributed by atoms with Crippen LogP contribution < -0.4 is 4.90 Å². The molecule has 0 unspecified atom stereocenters. The molecule has 0 spiro atoms. The number of furan rings is 2. The van der Waals surface area contributed by atoms with Gasteiger partial charge in [0.15, 0.2) is 0 Å². The number of hydrogen-bond donors (Lipinski definition) is 0. The van der Waals surface area contributed by atoms with E-state index in [0.717, 1.165) is 71.7 Å². The molecule has 0 atom stereocenters. The van der Waals surface area contributed by atoms with Gasteiger partial charge < -0.3 is 13.7 Å². The Morgan fingerprint density at radius 2 is 1.04 bits per heavy atom. The van der Waals surface area contributed by atoms with Crippen LogP contribution in [0.3, 0.4) is 0 Å². The lowest BCUT2D eigenvalue weighted by Crippen LogP contribution is -2.10. The highest BCUT2D eigenvalue weighted by Gasteiger charge is 2.24. The number of nitrogens with zero attached hydrogens (tertiary/aromatic N) is 1. The maximum absolute atomic E-state index is 6.70. The molecule has 0 bridgehead atoms. The second-order valence-corrected chi connectivity index (χ2v) is 13.9. The smallest absolute Gasteiger partial charge is 0.144 e. The van der Waals surface area contributed by atoms with Crippen LogP contribution in [0.4, 0.5) is 17.1 Å². The van der Waals surface area contributed by atoms with E-state index in [-0.39, 0.29) is 0 Å². The Bertz CT molecular complexity index is 3090. The van der Waals surface area contributed by atoms with Crippen molar-refractivity contribution in [3.63, 3.8) is 0 Å². The van der Waals surface area contributed by atoms with Crippen LogP contribution in [-0.4, -0.2) is 0 Å². The first-order valence-electron chi connectivity index (χ1n) is 16.8. The van der Waals surface area contributed by atoms with Gasteiger partial charge in [0.2, 0.25) is 0 Å². The minimum Gasteiger partial charge on any atom is -0.455 e. The van der Waals surface area contributed by atoms with Crippen molar-refractivity contribution in [1.29, 1.82) is 0 Å². The van der Waals surface area contributed by atoms with Crippen molar-refractivity contribution in [1.82, 2.24) is 0 Å². The summed E-state index contributed by atoms with van der Waals surface area (Å²) in [5, 5.41) is 9.07. The Balaban J connectivity index is 1.24. The fourth-order valence-electron chi connectivity index (χ4n) is 7.82. The van der Waals surface area contributed by atoms with Gasteiger partial charge in [-0.3, -0.25) is 0 Å². The fourth-order valence-corrected chi connectivity index (χ4v) is 8.94. The molecule has 0 saturated carbocycles. The summed E-state index contributed by atoms with van der Waals surface area (Å²) in [6.45, 7) is 0. The zero-order chi connectivity index (χ0) is 32.8. The molecule has 0 saturated heterocycles. The van der Waals surface area contributed by atoms with Gasteiger partial charge in [0.05, 0.1) is 16.8 Å². The SMILES string of the molecule is c1ccc(-c2ccc(N(c3cccc4oc5c6ccccc6ccc5c34)c3cccc4sc5ccc6c7ccccc7oc6c5c34)cc2)cc1. The summed E-state index contributed by atoms with van der Waals surface area (Å²) < 4.78 is 15.8. The highest BCUT2D eigenvalue weighted by atomic mass is 32.1. The lowest BCUT2D eigenvalue weighted by Gasteiger charge is -2.27. The molecule has 8 aromatic carbocycles. The highest BCUT2D eigenvalue weighted by Crippen LogP contribution is 2.50. The van der Waals surface area contributed by atoms with Gasteiger partial charge in [0, 0.05) is 47.4 Å². The molecule has 11 rings (SSSR count). The second-order valence-electron chi connectivity index (χ2n) is 12.8. The predicted octanol–water partition coefficient (Wildman–Crippen LogP) is 14.1. The fraction of sp³-hybridized carbons (Fsp3) is 0. The van der Waals surface area contributed by atoms with E-state index in [4.69, 9.17) is 8.83 Å². The van der Waals surface area contributed by atoms with Crippen molar-refractivity contribution in [2.45, 2.75) is 0 Å². The third kappa shape index (κ3) is 3.97. The maximum Gasteiger partial charge on any atom is 0.144 e. The number of thiophene rings is 1. The normalized spacial score (nSPS) is 12.0. The van der Waals surface area contributed by atoms with Crippen molar-refractivity contribution in [2.24, 2.45) is 0 Å². The van der Waals surface area contributed by atoms with E-state index in [1.165, 1.54) is 31.3 Å². The Morgan fingerprint density at radius 1 is 0.380 bits per heavy atom. The van der Waals surface area contributed by atoms with Crippen LogP contribution in [0.1, 0.15) is 0 Å². The van der Waals surface area contributed by atoms with Gasteiger partial charge in [0.1, 0.15) is 22.3 Å². The Labute approximate surface area is 290 Å². The quantitative estimate of drug-likeness (QED) is 0.189. The number of hydrogen-bond acceptors (Lipinski definition) is 4. The van der Waals surface area contributed by atoms with E-state index in [1.54, 1.807) is 0 Å². The van der Waals surface area contributed by atoms with Crippen molar-refractivity contribution in [3.05, 3.63) is 164 Å². The van der Waals surface area contributed by atoms with Crippen molar-refractivity contribution in [3.8, 4) is 11.1 Å². The average molecular weight is 658 g/mol. The van der Waals surface area contributed by atoms with E-state index in [2.05, 4.69) is 163 Å². The summed E-state index contributed by atoms with van der Waals surface area (Å²) in [7, 11) is 0. The van der Waals surface area contributed by atoms with E-state index < -0.39 is 0 Å². The largest absolute Gasteiger partial charge is 0.455 e. The monoisotopic (exact) mass is 657 g/mol. The van der Waals surface area contributed by atoms with E-state index in [0.29, 0.717) is 0 Å². The summed E-state index contributed by atoms with van der Waals surface area (Å²) in [5.74, 6) is 0. The van der Waals surface area contributed by atoms with Crippen molar-refractivity contribution in [2.75, 3.05) is 4.90 Å². The summed E-state index contributed by atoms with van der Waals surface area (Å²) in [6, 6.07) is 58.2. The van der Waals surface area contributed by atoms with E-state index in [9.17, 15) is 0 Å². The van der Waals surface area contributed by atoms with Crippen LogP contribution in [-0.2, 0) is 0 Å². The number of anilines is 3. The number of benzene rings is 8. The molecule has 0 aliphatic heterocycles. The molecule has 0 N–H and O–H groups in total. The second kappa shape index (κ2) is 10.6. The molecule has 3 nitrogen and oxygen atoms in total. The van der Waals surface area contributed by atoms with Crippen LogP contribution in [0.25, 0.3) is 85.9 Å². The number of para-hydroxylation sites is 1. The lowest BCUT2D eigenvalue weighted by atomic mass is 10.0. The predicted molar refractivity (Wildman–Crippen MR) is 212 cm³/mol. The Hall–Kier alpha value is -6.36. The van der Waals surface area contributed by atoms with Crippen LogP contribution in [0, 0.1) is 0 Å². The van der Waals surface area contributed by atoms with Crippen LogP contribution in [0.2, 0.25) is 0 Å². The van der Waals surface area contributed by atoms with Crippen molar-refractivity contribution < 1.29 is 8.83 Å². The molecule has 234 valence electrons. The molecule has 0 aliphatic rings. The molecule has 0 radical (unpaired) electrons. The van der Waals surface area contributed by atoms with E-state index in [1.807, 2.05) is 17.4 Å². The Kier molecular flexibility index (Phi) is 5.83. The molecule has 0 fully saturated rings. The van der Waals surface area contributed by atoms with Crippen LogP contribution in [0.5, 0.6) is 0 Å².